The van der Waals surface area contributed by atoms with Crippen molar-refractivity contribution in [3.05, 3.63) is 59.8 Å². The fourth-order valence-electron chi connectivity index (χ4n) is 4.19. The van der Waals surface area contributed by atoms with Crippen LogP contribution in [0.5, 0.6) is 0 Å². The van der Waals surface area contributed by atoms with Crippen molar-refractivity contribution in [1.82, 2.24) is 4.57 Å². The van der Waals surface area contributed by atoms with E-state index in [-0.39, 0.29) is 16.5 Å². The van der Waals surface area contributed by atoms with E-state index in [2.05, 4.69) is 4.40 Å². The van der Waals surface area contributed by atoms with E-state index < -0.39 is 39.6 Å². The first-order valence-electron chi connectivity index (χ1n) is 12.6. The lowest BCUT2D eigenvalue weighted by Crippen LogP contribution is -2.27. The molecule has 0 aliphatic heterocycles. The van der Waals surface area contributed by atoms with Gasteiger partial charge in [-0.05, 0) is 48.4 Å². The highest BCUT2D eigenvalue weighted by molar-refractivity contribution is 7.91. The first kappa shape index (κ1) is 20.7. The van der Waals surface area contributed by atoms with E-state index in [4.69, 9.17) is 4.11 Å². The van der Waals surface area contributed by atoms with Crippen LogP contribution in [0.4, 0.5) is 13.2 Å². The zero-order valence-electron chi connectivity index (χ0n) is 22.3. The van der Waals surface area contributed by atoms with Crippen LogP contribution in [0.2, 0.25) is 0 Å². The second-order valence-corrected chi connectivity index (χ2v) is 11.9. The minimum Gasteiger partial charge on any atom is -0.346 e. The van der Waals surface area contributed by atoms with Gasteiger partial charge in [-0.2, -0.15) is 17.6 Å². The number of alkyl halides is 3. The normalized spacial score (nSPS) is 17.8. The van der Waals surface area contributed by atoms with Gasteiger partial charge in [0.15, 0.2) is 0 Å². The summed E-state index contributed by atoms with van der Waals surface area (Å²) in [5.41, 5.74) is -0.622. The van der Waals surface area contributed by atoms with E-state index in [0.29, 0.717) is 35.9 Å². The molecule has 0 radical (unpaired) electrons. The van der Waals surface area contributed by atoms with Gasteiger partial charge in [0.1, 0.15) is 0 Å². The van der Waals surface area contributed by atoms with Crippen molar-refractivity contribution in [2.45, 2.75) is 64.9 Å². The molecule has 1 fully saturated rings. The van der Waals surface area contributed by atoms with Gasteiger partial charge in [-0.3, -0.25) is 0 Å². The Kier molecular flexibility index (Phi) is 5.22. The van der Waals surface area contributed by atoms with Crippen molar-refractivity contribution in [3.8, 4) is 11.1 Å². The van der Waals surface area contributed by atoms with Crippen molar-refractivity contribution in [3.63, 3.8) is 0 Å². The second-order valence-electron chi connectivity index (χ2n) is 10.0. The minimum atomic E-state index is -4.55. The van der Waals surface area contributed by atoms with Crippen LogP contribution in [-0.4, -0.2) is 23.9 Å². The van der Waals surface area contributed by atoms with Crippen LogP contribution in [0.15, 0.2) is 53.1 Å². The van der Waals surface area contributed by atoms with E-state index >= 15 is 0 Å². The first-order valence-corrected chi connectivity index (χ1v) is 12.6. The number of halogens is 3. The van der Waals surface area contributed by atoms with Gasteiger partial charge in [0, 0.05) is 33.3 Å². The molecule has 0 spiro atoms. The number of aromatic nitrogens is 1. The van der Waals surface area contributed by atoms with Crippen molar-refractivity contribution >= 4 is 26.6 Å². The molecule has 4 rings (SSSR count). The summed E-state index contributed by atoms with van der Waals surface area (Å²) >= 11 is 0. The number of hydrogen-bond acceptors (Lipinski definition) is 2. The third-order valence-electron chi connectivity index (χ3n) is 6.02. The summed E-state index contributed by atoms with van der Waals surface area (Å²) in [5.74, 6) is 0. The monoisotopic (exact) mass is 493 g/mol. The van der Waals surface area contributed by atoms with E-state index in [1.807, 2.05) is 20.8 Å². The Morgan fingerprint density at radius 2 is 1.85 bits per heavy atom. The average Bonchev–Trinajstić information content (AvgIpc) is 3.04. The standard InChI is InChI=1S/C26H29F3N2O2S/c1-17(30-34(32,33)19-8-7-9-19)22-15-31(16-25(2,3)4)24-14-18(12-13-21(22)24)20-10-5-6-11-23(20)26(27,28)29/h5-6,10-15,19H,7-9,16H2,1-4H3/b30-17+/i1D3. The highest BCUT2D eigenvalue weighted by atomic mass is 32.2. The predicted molar refractivity (Wildman–Crippen MR) is 131 cm³/mol. The lowest BCUT2D eigenvalue weighted by Gasteiger charge is -2.22. The molecule has 1 saturated carbocycles. The smallest absolute Gasteiger partial charge is 0.346 e. The lowest BCUT2D eigenvalue weighted by atomic mass is 9.96. The van der Waals surface area contributed by atoms with Gasteiger partial charge in [-0.15, -0.1) is 0 Å². The van der Waals surface area contributed by atoms with Crippen molar-refractivity contribution in [2.24, 2.45) is 9.81 Å². The Labute approximate surface area is 202 Å². The van der Waals surface area contributed by atoms with Gasteiger partial charge in [0.2, 0.25) is 0 Å². The summed E-state index contributed by atoms with van der Waals surface area (Å²) in [6.07, 6.45) is -1.38. The van der Waals surface area contributed by atoms with E-state index in [0.717, 1.165) is 12.5 Å². The largest absolute Gasteiger partial charge is 0.417 e. The molecule has 1 aromatic heterocycles. The van der Waals surface area contributed by atoms with Gasteiger partial charge in [-0.1, -0.05) is 57.5 Å². The Hall–Kier alpha value is -2.61. The maximum absolute atomic E-state index is 13.7. The molecular formula is C26H29F3N2O2S. The SMILES string of the molecule is [2H]C([2H])([2H])/C(=N\S(=O)(=O)C1CCC1)c1cn(CC(C)(C)C)c2cc(-c3ccccc3C(F)(F)F)ccc12. The van der Waals surface area contributed by atoms with Crippen LogP contribution in [0.3, 0.4) is 0 Å². The van der Waals surface area contributed by atoms with E-state index in [1.165, 1.54) is 24.3 Å². The molecule has 0 amide bonds. The molecule has 2 aromatic carbocycles. The Bertz CT molecular complexity index is 1460. The van der Waals surface area contributed by atoms with Gasteiger partial charge in [0.25, 0.3) is 10.0 Å². The van der Waals surface area contributed by atoms with Crippen LogP contribution in [0.1, 0.15) is 62.1 Å². The molecule has 0 saturated heterocycles. The number of nitrogens with zero attached hydrogens (tertiary/aromatic N) is 2. The Morgan fingerprint density at radius 3 is 2.44 bits per heavy atom. The molecular weight excluding hydrogens is 461 g/mol. The molecule has 34 heavy (non-hydrogen) atoms. The Balaban J connectivity index is 1.97. The van der Waals surface area contributed by atoms with Crippen LogP contribution >= 0.6 is 0 Å². The number of hydrogen-bond donors (Lipinski definition) is 0. The molecule has 4 nitrogen and oxygen atoms in total. The number of rotatable bonds is 5. The van der Waals surface area contributed by atoms with Crippen molar-refractivity contribution in [1.29, 1.82) is 0 Å². The van der Waals surface area contributed by atoms with Crippen molar-refractivity contribution in [2.75, 3.05) is 0 Å². The van der Waals surface area contributed by atoms with E-state index in [9.17, 15) is 21.6 Å². The quantitative estimate of drug-likeness (QED) is 0.357. The summed E-state index contributed by atoms with van der Waals surface area (Å²) in [5, 5.41) is -0.283. The second kappa shape index (κ2) is 8.56. The summed E-state index contributed by atoms with van der Waals surface area (Å²) in [6.45, 7) is 3.51. The third-order valence-corrected chi connectivity index (χ3v) is 7.77. The zero-order valence-corrected chi connectivity index (χ0v) is 20.1. The van der Waals surface area contributed by atoms with Crippen LogP contribution in [0, 0.1) is 5.41 Å². The molecule has 1 aliphatic carbocycles. The fourth-order valence-corrected chi connectivity index (χ4v) is 5.62. The maximum Gasteiger partial charge on any atom is 0.417 e. The molecule has 0 N–H and O–H groups in total. The summed E-state index contributed by atoms with van der Waals surface area (Å²) in [4.78, 5) is 0. The van der Waals surface area contributed by atoms with Gasteiger partial charge in [-0.25, -0.2) is 8.42 Å². The minimum absolute atomic E-state index is 0.000711. The fraction of sp³-hybridized carbons (Fsp3) is 0.423. The molecule has 3 aromatic rings. The van der Waals surface area contributed by atoms with Crippen LogP contribution in [0.25, 0.3) is 22.0 Å². The summed E-state index contributed by atoms with van der Waals surface area (Å²) < 4.78 is 96.6. The maximum atomic E-state index is 13.7. The molecule has 0 atom stereocenters. The molecule has 0 bridgehead atoms. The molecule has 0 unspecified atom stereocenters. The summed E-state index contributed by atoms with van der Waals surface area (Å²) in [7, 11) is -4.03. The molecule has 182 valence electrons. The third kappa shape index (κ3) is 4.92. The van der Waals surface area contributed by atoms with Gasteiger partial charge in [0.05, 0.1) is 16.5 Å². The summed E-state index contributed by atoms with van der Waals surface area (Å²) in [6, 6.07) is 9.89. The van der Waals surface area contributed by atoms with Crippen LogP contribution < -0.4 is 0 Å². The van der Waals surface area contributed by atoms with Gasteiger partial charge >= 0.3 is 6.18 Å². The van der Waals surface area contributed by atoms with E-state index in [1.54, 1.807) is 22.9 Å². The molecule has 8 heteroatoms. The average molecular weight is 494 g/mol. The highest BCUT2D eigenvalue weighted by Crippen LogP contribution is 2.38. The van der Waals surface area contributed by atoms with Gasteiger partial charge < -0.3 is 4.57 Å². The zero-order chi connectivity index (χ0) is 27.4. The molecule has 1 aliphatic rings. The topological polar surface area (TPSA) is 51.4 Å². The first-order chi connectivity index (χ1) is 17.0. The lowest BCUT2D eigenvalue weighted by molar-refractivity contribution is -0.137. The Morgan fingerprint density at radius 1 is 1.15 bits per heavy atom. The number of benzene rings is 2. The van der Waals surface area contributed by atoms with Crippen molar-refractivity contribution < 1.29 is 25.7 Å². The highest BCUT2D eigenvalue weighted by Gasteiger charge is 2.34. The molecule has 1 heterocycles. The predicted octanol–water partition coefficient (Wildman–Crippen LogP) is 7.06. The van der Waals surface area contributed by atoms with Crippen LogP contribution in [-0.2, 0) is 22.7 Å². The number of sulfonamides is 1. The number of fused-ring (bicyclic) bond motifs is 1.